The van der Waals surface area contributed by atoms with Gasteiger partial charge in [0.25, 0.3) is 10.0 Å². The first-order chi connectivity index (χ1) is 20.0. The smallest absolute Gasteiger partial charge is 0.264 e. The minimum Gasteiger partial charge on any atom is -0.352 e. The van der Waals surface area contributed by atoms with Gasteiger partial charge in [-0.3, -0.25) is 13.9 Å². The van der Waals surface area contributed by atoms with E-state index < -0.39 is 28.5 Å². The molecule has 7 nitrogen and oxygen atoms in total. The van der Waals surface area contributed by atoms with Crippen LogP contribution in [0.15, 0.2) is 71.6 Å². The number of amides is 2. The summed E-state index contributed by atoms with van der Waals surface area (Å²) in [6.07, 6.45) is 4.24. The van der Waals surface area contributed by atoms with Gasteiger partial charge in [-0.1, -0.05) is 84.9 Å². The molecule has 10 heteroatoms. The molecule has 0 saturated heterocycles. The zero-order valence-corrected chi connectivity index (χ0v) is 26.5. The third-order valence-corrected chi connectivity index (χ3v) is 10.1. The molecule has 1 N–H and O–H groups in total. The van der Waals surface area contributed by atoms with Crippen LogP contribution in [0.25, 0.3) is 0 Å². The molecule has 1 atom stereocenters. The molecular formula is C32H37Cl2N3O4S. The first kappa shape index (κ1) is 31.9. The van der Waals surface area contributed by atoms with Crippen molar-refractivity contribution in [3.05, 3.63) is 93.5 Å². The van der Waals surface area contributed by atoms with Crippen molar-refractivity contribution in [3.8, 4) is 0 Å². The van der Waals surface area contributed by atoms with E-state index in [9.17, 15) is 18.0 Å². The number of carbonyl (C=O) groups excluding carboxylic acids is 2. The molecule has 42 heavy (non-hydrogen) atoms. The largest absolute Gasteiger partial charge is 0.352 e. The molecule has 0 bridgehead atoms. The Kier molecular flexibility index (Phi) is 10.6. The topological polar surface area (TPSA) is 86.8 Å². The third-order valence-electron chi connectivity index (χ3n) is 7.71. The fraction of sp³-hybridized carbons (Fsp3) is 0.375. The Labute approximate surface area is 258 Å². The van der Waals surface area contributed by atoms with Crippen LogP contribution in [0.3, 0.4) is 0 Å². The monoisotopic (exact) mass is 629 g/mol. The van der Waals surface area contributed by atoms with E-state index in [0.29, 0.717) is 27.6 Å². The summed E-state index contributed by atoms with van der Waals surface area (Å²) in [5.41, 5.74) is 2.48. The van der Waals surface area contributed by atoms with Crippen LogP contribution < -0.4 is 9.62 Å². The van der Waals surface area contributed by atoms with Crippen LogP contribution in [-0.2, 0) is 26.2 Å². The Balaban J connectivity index is 1.75. The lowest BCUT2D eigenvalue weighted by atomic mass is 10.1. The molecule has 0 radical (unpaired) electrons. The van der Waals surface area contributed by atoms with Crippen molar-refractivity contribution in [2.45, 2.75) is 76.4 Å². The van der Waals surface area contributed by atoms with Gasteiger partial charge in [0.05, 0.1) is 10.6 Å². The SMILES string of the molecule is CCC(C(=O)NC1CCCC1)N(Cc1ccccc1Cl)C(=O)CN(c1cc(Cl)ccc1C)S(=O)(=O)c1ccc(C)cc1. The minimum absolute atomic E-state index is 0.0437. The van der Waals surface area contributed by atoms with Crippen LogP contribution in [0.4, 0.5) is 5.69 Å². The average Bonchev–Trinajstić information content (AvgIpc) is 3.47. The van der Waals surface area contributed by atoms with Crippen molar-refractivity contribution in [1.82, 2.24) is 10.2 Å². The van der Waals surface area contributed by atoms with Crippen molar-refractivity contribution in [2.75, 3.05) is 10.8 Å². The summed E-state index contributed by atoms with van der Waals surface area (Å²) in [4.78, 5) is 29.3. The van der Waals surface area contributed by atoms with Crippen molar-refractivity contribution >= 4 is 50.7 Å². The highest BCUT2D eigenvalue weighted by molar-refractivity contribution is 7.92. The number of hydrogen-bond acceptors (Lipinski definition) is 4. The Hall–Kier alpha value is -3.07. The molecule has 0 aromatic heterocycles. The fourth-order valence-electron chi connectivity index (χ4n) is 5.30. The number of sulfonamides is 1. The molecule has 1 aliphatic rings. The number of carbonyl (C=O) groups is 2. The van der Waals surface area contributed by atoms with Gasteiger partial charge in [-0.25, -0.2) is 8.42 Å². The van der Waals surface area contributed by atoms with Crippen LogP contribution in [0.2, 0.25) is 10.0 Å². The van der Waals surface area contributed by atoms with E-state index in [0.717, 1.165) is 35.6 Å². The van der Waals surface area contributed by atoms with Gasteiger partial charge in [0.1, 0.15) is 12.6 Å². The summed E-state index contributed by atoms with van der Waals surface area (Å²) < 4.78 is 29.3. The predicted octanol–water partition coefficient (Wildman–Crippen LogP) is 6.67. The molecule has 1 aliphatic carbocycles. The molecule has 1 fully saturated rings. The fourth-order valence-corrected chi connectivity index (χ4v) is 7.13. The lowest BCUT2D eigenvalue weighted by Gasteiger charge is -2.34. The first-order valence-corrected chi connectivity index (χ1v) is 16.4. The third kappa shape index (κ3) is 7.46. The van der Waals surface area contributed by atoms with Crippen LogP contribution in [0.1, 0.15) is 55.7 Å². The highest BCUT2D eigenvalue weighted by Crippen LogP contribution is 2.30. The number of rotatable bonds is 11. The number of anilines is 1. The lowest BCUT2D eigenvalue weighted by Crippen LogP contribution is -2.53. The van der Waals surface area contributed by atoms with Crippen molar-refractivity contribution in [1.29, 1.82) is 0 Å². The average molecular weight is 631 g/mol. The molecule has 1 saturated carbocycles. The summed E-state index contributed by atoms with van der Waals surface area (Å²) in [6, 6.07) is 17.8. The van der Waals surface area contributed by atoms with E-state index in [1.165, 1.54) is 17.0 Å². The normalized spacial score (nSPS) is 14.4. The van der Waals surface area contributed by atoms with E-state index in [4.69, 9.17) is 23.2 Å². The summed E-state index contributed by atoms with van der Waals surface area (Å²) in [7, 11) is -4.19. The Morgan fingerprint density at radius 2 is 1.64 bits per heavy atom. The molecule has 2 amide bonds. The molecule has 3 aromatic carbocycles. The molecule has 0 spiro atoms. The van der Waals surface area contributed by atoms with Crippen molar-refractivity contribution in [2.24, 2.45) is 0 Å². The summed E-state index contributed by atoms with van der Waals surface area (Å²) >= 11 is 12.8. The second-order valence-electron chi connectivity index (χ2n) is 10.8. The number of hydrogen-bond donors (Lipinski definition) is 1. The van der Waals surface area contributed by atoms with E-state index >= 15 is 0 Å². The van der Waals surface area contributed by atoms with Crippen LogP contribution in [0, 0.1) is 13.8 Å². The summed E-state index contributed by atoms with van der Waals surface area (Å²) in [5.74, 6) is -0.782. The second kappa shape index (κ2) is 13.9. The quantitative estimate of drug-likeness (QED) is 0.256. The number of halogens is 2. The standard InChI is InChI=1S/C32H37Cl2N3O4S/c1-4-29(32(39)35-26-10-6-7-11-26)36(20-24-9-5-8-12-28(24)34)31(38)21-37(30-19-25(33)16-15-23(30)3)42(40,41)27-17-13-22(2)14-18-27/h5,8-9,12-19,26,29H,4,6-7,10-11,20-21H2,1-3H3,(H,35,39). The maximum atomic E-state index is 14.3. The Bertz CT molecular complexity index is 1520. The maximum absolute atomic E-state index is 14.3. The van der Waals surface area contributed by atoms with Gasteiger partial charge in [0.2, 0.25) is 11.8 Å². The summed E-state index contributed by atoms with van der Waals surface area (Å²) in [6.45, 7) is 4.98. The molecule has 1 unspecified atom stereocenters. The zero-order chi connectivity index (χ0) is 30.4. The minimum atomic E-state index is -4.19. The molecule has 3 aromatic rings. The molecule has 224 valence electrons. The van der Waals surface area contributed by atoms with E-state index in [1.54, 1.807) is 55.5 Å². The van der Waals surface area contributed by atoms with Crippen molar-refractivity contribution in [3.63, 3.8) is 0 Å². The maximum Gasteiger partial charge on any atom is 0.264 e. The van der Waals surface area contributed by atoms with Crippen LogP contribution in [-0.4, -0.2) is 43.8 Å². The lowest BCUT2D eigenvalue weighted by molar-refractivity contribution is -0.140. The Morgan fingerprint density at radius 1 is 0.976 bits per heavy atom. The van der Waals surface area contributed by atoms with Gasteiger partial charge in [0, 0.05) is 22.6 Å². The number of aryl methyl sites for hydroxylation is 2. The van der Waals surface area contributed by atoms with Gasteiger partial charge in [-0.05, 0) is 74.6 Å². The number of nitrogens with one attached hydrogen (secondary N) is 1. The van der Waals surface area contributed by atoms with Gasteiger partial charge in [-0.15, -0.1) is 0 Å². The van der Waals surface area contributed by atoms with Crippen LogP contribution in [0.5, 0.6) is 0 Å². The van der Waals surface area contributed by atoms with E-state index in [2.05, 4.69) is 5.32 Å². The second-order valence-corrected chi connectivity index (χ2v) is 13.5. The van der Waals surface area contributed by atoms with Gasteiger partial charge in [-0.2, -0.15) is 0 Å². The molecular weight excluding hydrogens is 593 g/mol. The van der Waals surface area contributed by atoms with E-state index in [-0.39, 0.29) is 29.1 Å². The Morgan fingerprint density at radius 3 is 2.29 bits per heavy atom. The number of benzene rings is 3. The van der Waals surface area contributed by atoms with E-state index in [1.807, 2.05) is 19.9 Å². The van der Waals surface area contributed by atoms with Gasteiger partial charge >= 0.3 is 0 Å². The molecule has 0 heterocycles. The predicted molar refractivity (Wildman–Crippen MR) is 168 cm³/mol. The van der Waals surface area contributed by atoms with Gasteiger partial charge in [0.15, 0.2) is 0 Å². The summed E-state index contributed by atoms with van der Waals surface area (Å²) in [5, 5.41) is 3.90. The highest BCUT2D eigenvalue weighted by Gasteiger charge is 2.35. The first-order valence-electron chi connectivity index (χ1n) is 14.2. The van der Waals surface area contributed by atoms with Gasteiger partial charge < -0.3 is 10.2 Å². The van der Waals surface area contributed by atoms with Crippen LogP contribution >= 0.6 is 23.2 Å². The zero-order valence-electron chi connectivity index (χ0n) is 24.1. The molecule has 0 aliphatic heterocycles. The van der Waals surface area contributed by atoms with Crippen molar-refractivity contribution < 1.29 is 18.0 Å². The highest BCUT2D eigenvalue weighted by atomic mass is 35.5. The number of nitrogens with zero attached hydrogens (tertiary/aromatic N) is 2. The molecule has 4 rings (SSSR count).